The third-order valence-corrected chi connectivity index (χ3v) is 3.16. The van der Waals surface area contributed by atoms with Crippen molar-refractivity contribution in [2.24, 2.45) is 17.6 Å². The van der Waals surface area contributed by atoms with Gasteiger partial charge in [-0.2, -0.15) is 0 Å². The number of carboxylic acids is 1. The SMILES string of the molecule is CC(C)C(NC(N)=O)C(=O)NC(CC(=O)O)C1CC1. The Labute approximate surface area is 111 Å². The fraction of sp³-hybridized carbons (Fsp3) is 0.750. The lowest BCUT2D eigenvalue weighted by Gasteiger charge is -2.24. The summed E-state index contributed by atoms with van der Waals surface area (Å²) in [4.78, 5) is 33.7. The first-order valence-corrected chi connectivity index (χ1v) is 6.39. The molecule has 5 N–H and O–H groups in total. The Morgan fingerprint density at radius 2 is 1.84 bits per heavy atom. The number of hydrogen-bond acceptors (Lipinski definition) is 3. The highest BCUT2D eigenvalue weighted by Gasteiger charge is 2.35. The quantitative estimate of drug-likeness (QED) is 0.522. The van der Waals surface area contributed by atoms with Crippen LogP contribution in [0.4, 0.5) is 4.79 Å². The summed E-state index contributed by atoms with van der Waals surface area (Å²) in [7, 11) is 0. The Bertz CT molecular complexity index is 366. The zero-order chi connectivity index (χ0) is 14.6. The monoisotopic (exact) mass is 271 g/mol. The lowest BCUT2D eigenvalue weighted by Crippen LogP contribution is -2.54. The molecule has 19 heavy (non-hydrogen) atoms. The molecule has 0 aromatic heterocycles. The molecule has 1 rings (SSSR count). The number of carbonyl (C=O) groups is 3. The number of amides is 3. The molecular formula is C12H21N3O4. The Morgan fingerprint density at radius 3 is 2.21 bits per heavy atom. The van der Waals surface area contributed by atoms with Gasteiger partial charge in [0.25, 0.3) is 0 Å². The predicted octanol–water partition coefficient (Wildman–Crippen LogP) is 0.0488. The number of nitrogens with two attached hydrogens (primary N) is 1. The number of rotatable bonds is 7. The summed E-state index contributed by atoms with van der Waals surface area (Å²) >= 11 is 0. The molecule has 108 valence electrons. The molecule has 1 saturated carbocycles. The highest BCUT2D eigenvalue weighted by molar-refractivity contribution is 5.87. The fourth-order valence-electron chi connectivity index (χ4n) is 1.98. The lowest BCUT2D eigenvalue weighted by atomic mass is 10.0. The molecule has 3 amide bonds. The van der Waals surface area contributed by atoms with Crippen LogP contribution in [0.1, 0.15) is 33.1 Å². The van der Waals surface area contributed by atoms with Crippen LogP contribution in [-0.4, -0.2) is 35.1 Å². The Kier molecular flexibility index (Phi) is 5.14. The number of carbonyl (C=O) groups excluding carboxylic acids is 2. The average Bonchev–Trinajstić information content (AvgIpc) is 3.07. The van der Waals surface area contributed by atoms with Crippen molar-refractivity contribution in [3.8, 4) is 0 Å². The van der Waals surface area contributed by atoms with Gasteiger partial charge in [0.2, 0.25) is 5.91 Å². The summed E-state index contributed by atoms with van der Waals surface area (Å²) < 4.78 is 0. The molecule has 1 aliphatic rings. The first-order valence-electron chi connectivity index (χ1n) is 6.39. The van der Waals surface area contributed by atoms with E-state index in [1.54, 1.807) is 13.8 Å². The van der Waals surface area contributed by atoms with Gasteiger partial charge in [-0.1, -0.05) is 13.8 Å². The highest BCUT2D eigenvalue weighted by atomic mass is 16.4. The number of primary amides is 1. The maximum absolute atomic E-state index is 12.1. The molecular weight excluding hydrogens is 250 g/mol. The van der Waals surface area contributed by atoms with Gasteiger partial charge >= 0.3 is 12.0 Å². The van der Waals surface area contributed by atoms with Gasteiger partial charge in [0.05, 0.1) is 6.42 Å². The van der Waals surface area contributed by atoms with Crippen molar-refractivity contribution in [3.63, 3.8) is 0 Å². The molecule has 0 aromatic carbocycles. The summed E-state index contributed by atoms with van der Waals surface area (Å²) in [5, 5.41) is 13.9. The lowest BCUT2D eigenvalue weighted by molar-refractivity contribution is -0.138. The maximum atomic E-state index is 12.1. The highest BCUT2D eigenvalue weighted by Crippen LogP contribution is 2.34. The number of aliphatic carboxylic acids is 1. The molecule has 0 saturated heterocycles. The molecule has 1 fully saturated rings. The molecule has 0 bridgehead atoms. The van der Waals surface area contributed by atoms with Gasteiger partial charge < -0.3 is 21.5 Å². The standard InChI is InChI=1S/C12H21N3O4/c1-6(2)10(15-12(13)19)11(18)14-8(5-9(16)17)7-3-4-7/h6-8,10H,3-5H2,1-2H3,(H,14,18)(H,16,17)(H3,13,15,19). The topological polar surface area (TPSA) is 122 Å². The van der Waals surface area contributed by atoms with E-state index < -0.39 is 18.0 Å². The summed E-state index contributed by atoms with van der Waals surface area (Å²) in [6, 6.07) is -1.89. The Morgan fingerprint density at radius 1 is 1.26 bits per heavy atom. The second kappa shape index (κ2) is 6.40. The van der Waals surface area contributed by atoms with E-state index in [9.17, 15) is 14.4 Å². The number of hydrogen-bond donors (Lipinski definition) is 4. The minimum Gasteiger partial charge on any atom is -0.481 e. The van der Waals surface area contributed by atoms with Crippen molar-refractivity contribution in [1.29, 1.82) is 0 Å². The largest absolute Gasteiger partial charge is 0.481 e. The van der Waals surface area contributed by atoms with Gasteiger partial charge in [-0.3, -0.25) is 9.59 Å². The van der Waals surface area contributed by atoms with E-state index in [0.29, 0.717) is 0 Å². The van der Waals surface area contributed by atoms with Crippen molar-refractivity contribution in [3.05, 3.63) is 0 Å². The molecule has 0 aliphatic heterocycles. The molecule has 0 spiro atoms. The molecule has 1 aliphatic carbocycles. The van der Waals surface area contributed by atoms with E-state index >= 15 is 0 Å². The van der Waals surface area contributed by atoms with E-state index in [2.05, 4.69) is 10.6 Å². The summed E-state index contributed by atoms with van der Waals surface area (Å²) in [6.07, 6.45) is 1.75. The van der Waals surface area contributed by atoms with Crippen LogP contribution >= 0.6 is 0 Å². The van der Waals surface area contributed by atoms with Gasteiger partial charge in [0.15, 0.2) is 0 Å². The maximum Gasteiger partial charge on any atom is 0.312 e. The van der Waals surface area contributed by atoms with Crippen molar-refractivity contribution in [2.45, 2.75) is 45.2 Å². The second-order valence-electron chi connectivity index (χ2n) is 5.28. The van der Waals surface area contributed by atoms with Gasteiger partial charge in [-0.15, -0.1) is 0 Å². The Hall–Kier alpha value is -1.79. The van der Waals surface area contributed by atoms with Gasteiger partial charge in [-0.25, -0.2) is 4.79 Å². The number of urea groups is 1. The molecule has 2 atom stereocenters. The van der Waals surface area contributed by atoms with E-state index in [1.807, 2.05) is 0 Å². The molecule has 2 unspecified atom stereocenters. The fourth-order valence-corrected chi connectivity index (χ4v) is 1.98. The first kappa shape index (κ1) is 15.3. The molecule has 0 aromatic rings. The summed E-state index contributed by atoms with van der Waals surface area (Å²) in [6.45, 7) is 3.56. The normalized spacial score (nSPS) is 17.6. The van der Waals surface area contributed by atoms with E-state index in [1.165, 1.54) is 0 Å². The Balaban J connectivity index is 2.62. The molecule has 0 radical (unpaired) electrons. The molecule has 0 heterocycles. The summed E-state index contributed by atoms with van der Waals surface area (Å²) in [5.74, 6) is -1.23. The zero-order valence-electron chi connectivity index (χ0n) is 11.2. The average molecular weight is 271 g/mol. The summed E-state index contributed by atoms with van der Waals surface area (Å²) in [5.41, 5.74) is 5.03. The van der Waals surface area contributed by atoms with Crippen LogP contribution in [0.3, 0.4) is 0 Å². The van der Waals surface area contributed by atoms with Crippen molar-refractivity contribution in [1.82, 2.24) is 10.6 Å². The number of carboxylic acid groups (broad SMARTS) is 1. The van der Waals surface area contributed by atoms with Crippen LogP contribution in [-0.2, 0) is 9.59 Å². The van der Waals surface area contributed by atoms with Crippen molar-refractivity contribution < 1.29 is 19.5 Å². The predicted molar refractivity (Wildman–Crippen MR) is 68.3 cm³/mol. The van der Waals surface area contributed by atoms with Crippen molar-refractivity contribution >= 4 is 17.9 Å². The van der Waals surface area contributed by atoms with Gasteiger partial charge in [0, 0.05) is 6.04 Å². The molecule has 7 nitrogen and oxygen atoms in total. The van der Waals surface area contributed by atoms with Crippen LogP contribution in [0.5, 0.6) is 0 Å². The van der Waals surface area contributed by atoms with E-state index in [-0.39, 0.29) is 30.2 Å². The smallest absolute Gasteiger partial charge is 0.312 e. The van der Waals surface area contributed by atoms with Crippen LogP contribution in [0.25, 0.3) is 0 Å². The molecule has 7 heteroatoms. The van der Waals surface area contributed by atoms with E-state index in [4.69, 9.17) is 10.8 Å². The van der Waals surface area contributed by atoms with Crippen molar-refractivity contribution in [2.75, 3.05) is 0 Å². The van der Waals surface area contributed by atoms with E-state index in [0.717, 1.165) is 12.8 Å². The van der Waals surface area contributed by atoms with Crippen LogP contribution in [0, 0.1) is 11.8 Å². The van der Waals surface area contributed by atoms with Crippen LogP contribution in [0.2, 0.25) is 0 Å². The van der Waals surface area contributed by atoms with Gasteiger partial charge in [-0.05, 0) is 24.7 Å². The minimum atomic E-state index is -0.943. The zero-order valence-corrected chi connectivity index (χ0v) is 11.2. The minimum absolute atomic E-state index is 0.0994. The number of nitrogens with one attached hydrogen (secondary N) is 2. The third-order valence-electron chi connectivity index (χ3n) is 3.16. The van der Waals surface area contributed by atoms with Crippen LogP contribution < -0.4 is 16.4 Å². The van der Waals surface area contributed by atoms with Gasteiger partial charge in [0.1, 0.15) is 6.04 Å². The first-order chi connectivity index (χ1) is 8.81. The second-order valence-corrected chi connectivity index (χ2v) is 5.28. The third kappa shape index (κ3) is 5.15. The van der Waals surface area contributed by atoms with Crippen LogP contribution in [0.15, 0.2) is 0 Å².